The first-order valence-electron chi connectivity index (χ1n) is 5.86. The zero-order chi connectivity index (χ0) is 13.8. The van der Waals surface area contributed by atoms with E-state index in [0.717, 1.165) is 0 Å². The van der Waals surface area contributed by atoms with Crippen molar-refractivity contribution in [3.63, 3.8) is 0 Å². The highest BCUT2D eigenvalue weighted by Gasteiger charge is 2.22. The maximum atomic E-state index is 11.4. The summed E-state index contributed by atoms with van der Waals surface area (Å²) in [4.78, 5) is 17.4. The van der Waals surface area contributed by atoms with E-state index in [1.165, 1.54) is 4.40 Å². The van der Waals surface area contributed by atoms with Gasteiger partial charge in [0, 0.05) is 19.3 Å². The number of carboxylic acid groups (broad SMARTS) is 1. The summed E-state index contributed by atoms with van der Waals surface area (Å²) < 4.78 is 1.52. The molecule has 0 unspecified atom stereocenters. The number of pyridine rings is 1. The topological polar surface area (TPSA) is 78.1 Å². The van der Waals surface area contributed by atoms with Gasteiger partial charge >= 0.3 is 5.97 Å². The second-order valence-electron chi connectivity index (χ2n) is 3.98. The minimum atomic E-state index is -1.05. The summed E-state index contributed by atoms with van der Waals surface area (Å²) in [5.41, 5.74) is 0.646. The maximum Gasteiger partial charge on any atom is 0.356 e. The Morgan fingerprint density at radius 1 is 1.53 bits per heavy atom. The Morgan fingerprint density at radius 2 is 2.32 bits per heavy atom. The minimum absolute atomic E-state index is 0.0826. The van der Waals surface area contributed by atoms with Gasteiger partial charge in [0.2, 0.25) is 0 Å². The minimum Gasteiger partial charge on any atom is -0.476 e. The van der Waals surface area contributed by atoms with Crippen LogP contribution in [-0.4, -0.2) is 45.3 Å². The first-order chi connectivity index (χ1) is 9.19. The van der Waals surface area contributed by atoms with E-state index < -0.39 is 5.97 Å². The first kappa shape index (κ1) is 13.1. The molecule has 0 aliphatic rings. The van der Waals surface area contributed by atoms with Gasteiger partial charge in [-0.05, 0) is 12.1 Å². The van der Waals surface area contributed by atoms with Gasteiger partial charge in [0.05, 0.1) is 6.61 Å². The molecule has 0 saturated carbocycles. The average molecular weight is 261 g/mol. The number of fused-ring (bicyclic) bond motifs is 1. The van der Waals surface area contributed by atoms with Crippen LogP contribution < -0.4 is 4.90 Å². The summed E-state index contributed by atoms with van der Waals surface area (Å²) >= 11 is 0. The highest BCUT2D eigenvalue weighted by molar-refractivity contribution is 5.93. The lowest BCUT2D eigenvalue weighted by atomic mass is 10.3. The standard InChI is InChI=1S/C13H15N3O3/c1-2-6-15(8-9-17)12-11(13(18)19)16-7-4-3-5-10(16)14-12/h2-5,7,17H,1,6,8-9H2,(H,18,19). The van der Waals surface area contributed by atoms with Crippen LogP contribution in [-0.2, 0) is 0 Å². The van der Waals surface area contributed by atoms with Crippen molar-refractivity contribution in [2.75, 3.05) is 24.6 Å². The van der Waals surface area contributed by atoms with Crippen molar-refractivity contribution in [3.8, 4) is 0 Å². The molecule has 2 heterocycles. The van der Waals surface area contributed by atoms with E-state index in [1.807, 2.05) is 0 Å². The number of anilines is 1. The summed E-state index contributed by atoms with van der Waals surface area (Å²) in [6.45, 7) is 4.27. The zero-order valence-corrected chi connectivity index (χ0v) is 10.4. The molecule has 0 amide bonds. The van der Waals surface area contributed by atoms with Crippen molar-refractivity contribution < 1.29 is 15.0 Å². The Balaban J connectivity index is 2.59. The van der Waals surface area contributed by atoms with Crippen LogP contribution in [0.5, 0.6) is 0 Å². The second-order valence-corrected chi connectivity index (χ2v) is 3.98. The average Bonchev–Trinajstić information content (AvgIpc) is 2.77. The number of aromatic carboxylic acids is 1. The summed E-state index contributed by atoms with van der Waals surface area (Å²) in [5.74, 6) is -0.714. The van der Waals surface area contributed by atoms with Crippen LogP contribution in [0.15, 0.2) is 37.1 Å². The van der Waals surface area contributed by atoms with Crippen LogP contribution in [0, 0.1) is 0 Å². The van der Waals surface area contributed by atoms with E-state index in [1.54, 1.807) is 35.4 Å². The van der Waals surface area contributed by atoms with Crippen molar-refractivity contribution in [2.24, 2.45) is 0 Å². The molecule has 0 aromatic carbocycles. The Kier molecular flexibility index (Phi) is 3.82. The molecule has 2 aromatic rings. The van der Waals surface area contributed by atoms with E-state index in [4.69, 9.17) is 5.11 Å². The summed E-state index contributed by atoms with van der Waals surface area (Å²) in [5, 5.41) is 18.4. The summed E-state index contributed by atoms with van der Waals surface area (Å²) in [6, 6.07) is 5.28. The van der Waals surface area contributed by atoms with Gasteiger partial charge in [-0.2, -0.15) is 0 Å². The van der Waals surface area contributed by atoms with Gasteiger partial charge in [0.1, 0.15) is 5.65 Å². The quantitative estimate of drug-likeness (QED) is 0.759. The van der Waals surface area contributed by atoms with Gasteiger partial charge in [0.25, 0.3) is 0 Å². The molecule has 19 heavy (non-hydrogen) atoms. The number of hydrogen-bond acceptors (Lipinski definition) is 4. The smallest absolute Gasteiger partial charge is 0.356 e. The Morgan fingerprint density at radius 3 is 2.95 bits per heavy atom. The second kappa shape index (κ2) is 5.53. The molecule has 6 heteroatoms. The molecule has 0 aliphatic heterocycles. The lowest BCUT2D eigenvalue weighted by Crippen LogP contribution is -2.28. The fourth-order valence-corrected chi connectivity index (χ4v) is 1.96. The molecule has 100 valence electrons. The third-order valence-corrected chi connectivity index (χ3v) is 2.73. The summed E-state index contributed by atoms with van der Waals surface area (Å²) in [7, 11) is 0. The van der Waals surface area contributed by atoms with Crippen LogP contribution in [0.4, 0.5) is 5.82 Å². The van der Waals surface area contributed by atoms with E-state index in [9.17, 15) is 9.90 Å². The molecule has 2 N–H and O–H groups in total. The number of imidazole rings is 1. The number of carbonyl (C=O) groups is 1. The van der Waals surface area contributed by atoms with E-state index in [0.29, 0.717) is 24.6 Å². The summed E-state index contributed by atoms with van der Waals surface area (Å²) in [6.07, 6.45) is 3.30. The van der Waals surface area contributed by atoms with Crippen molar-refractivity contribution in [2.45, 2.75) is 0 Å². The van der Waals surface area contributed by atoms with Gasteiger partial charge in [-0.15, -0.1) is 6.58 Å². The molecule has 0 saturated heterocycles. The van der Waals surface area contributed by atoms with E-state index in [2.05, 4.69) is 11.6 Å². The van der Waals surface area contributed by atoms with Gasteiger partial charge < -0.3 is 15.1 Å². The van der Waals surface area contributed by atoms with Crippen LogP contribution in [0.1, 0.15) is 10.5 Å². The fraction of sp³-hybridized carbons (Fsp3) is 0.231. The van der Waals surface area contributed by atoms with Crippen LogP contribution in [0.3, 0.4) is 0 Å². The number of aliphatic hydroxyl groups excluding tert-OH is 1. The molecule has 0 atom stereocenters. The van der Waals surface area contributed by atoms with Crippen LogP contribution in [0.25, 0.3) is 5.65 Å². The molecule has 0 radical (unpaired) electrons. The SMILES string of the molecule is C=CCN(CCO)c1nc2ccccn2c1C(=O)O. The van der Waals surface area contributed by atoms with Crippen molar-refractivity contribution in [1.82, 2.24) is 9.38 Å². The third kappa shape index (κ3) is 2.43. The molecule has 2 aromatic heterocycles. The molecular weight excluding hydrogens is 246 g/mol. The van der Waals surface area contributed by atoms with Crippen molar-refractivity contribution in [3.05, 3.63) is 42.7 Å². The molecule has 2 rings (SSSR count). The third-order valence-electron chi connectivity index (χ3n) is 2.73. The number of aromatic nitrogens is 2. The van der Waals surface area contributed by atoms with Gasteiger partial charge in [-0.1, -0.05) is 12.1 Å². The van der Waals surface area contributed by atoms with Crippen molar-refractivity contribution >= 4 is 17.4 Å². The van der Waals surface area contributed by atoms with Crippen LogP contribution in [0.2, 0.25) is 0 Å². The highest BCUT2D eigenvalue weighted by Crippen LogP contribution is 2.21. The van der Waals surface area contributed by atoms with Crippen molar-refractivity contribution in [1.29, 1.82) is 0 Å². The molecule has 0 spiro atoms. The largest absolute Gasteiger partial charge is 0.476 e. The normalized spacial score (nSPS) is 10.6. The monoisotopic (exact) mass is 261 g/mol. The lowest BCUT2D eigenvalue weighted by molar-refractivity contribution is 0.0690. The lowest BCUT2D eigenvalue weighted by Gasteiger charge is -2.19. The molecule has 0 aliphatic carbocycles. The number of carboxylic acids is 1. The zero-order valence-electron chi connectivity index (χ0n) is 10.4. The van der Waals surface area contributed by atoms with Gasteiger partial charge in [0.15, 0.2) is 11.5 Å². The van der Waals surface area contributed by atoms with Gasteiger partial charge in [-0.25, -0.2) is 9.78 Å². The Bertz CT molecular complexity index is 606. The van der Waals surface area contributed by atoms with E-state index >= 15 is 0 Å². The Hall–Kier alpha value is -2.34. The number of nitrogens with zero attached hydrogens (tertiary/aromatic N) is 3. The molecule has 0 fully saturated rings. The first-order valence-corrected chi connectivity index (χ1v) is 5.86. The van der Waals surface area contributed by atoms with Gasteiger partial charge in [-0.3, -0.25) is 4.40 Å². The molecule has 6 nitrogen and oxygen atoms in total. The fourth-order valence-electron chi connectivity index (χ4n) is 1.96. The molecular formula is C13H15N3O3. The van der Waals surface area contributed by atoms with Crippen LogP contribution >= 0.6 is 0 Å². The Labute approximate surface area is 110 Å². The highest BCUT2D eigenvalue weighted by atomic mass is 16.4. The van der Waals surface area contributed by atoms with E-state index in [-0.39, 0.29) is 12.3 Å². The molecule has 0 bridgehead atoms. The predicted molar refractivity (Wildman–Crippen MR) is 71.6 cm³/mol. The predicted octanol–water partition coefficient (Wildman–Crippen LogP) is 1.02. The number of rotatable bonds is 6. The maximum absolute atomic E-state index is 11.4. The number of hydrogen-bond donors (Lipinski definition) is 2. The number of aliphatic hydroxyl groups is 1.